The van der Waals surface area contributed by atoms with Gasteiger partial charge < -0.3 is 10.1 Å². The van der Waals surface area contributed by atoms with Crippen molar-refractivity contribution in [3.05, 3.63) is 63.9 Å². The molecule has 0 bridgehead atoms. The molecule has 0 aromatic heterocycles. The molecule has 0 unspecified atom stereocenters. The average Bonchev–Trinajstić information content (AvgIpc) is 2.65. The van der Waals surface area contributed by atoms with Crippen LogP contribution in [0.2, 0.25) is 5.02 Å². The van der Waals surface area contributed by atoms with Crippen molar-refractivity contribution in [2.75, 3.05) is 26.2 Å². The molecule has 1 fully saturated rings. The maximum atomic E-state index is 14.9. The Morgan fingerprint density at radius 3 is 1.97 bits per heavy atom. The molecule has 1 atom stereocenters. The molecule has 13 heteroatoms. The lowest BCUT2D eigenvalue weighted by Gasteiger charge is -2.37. The van der Waals surface area contributed by atoms with Gasteiger partial charge in [-0.25, -0.2) is 4.39 Å². The van der Waals surface area contributed by atoms with E-state index in [4.69, 9.17) is 11.6 Å². The largest absolute Gasteiger partial charge is 0.573 e. The Hall–Kier alpha value is -1.46. The summed E-state index contributed by atoms with van der Waals surface area (Å²) in [7, 11) is 0. The predicted molar refractivity (Wildman–Crippen MR) is 110 cm³/mol. The molecule has 3 rings (SSSR count). The molecule has 0 amide bonds. The van der Waals surface area contributed by atoms with Gasteiger partial charge in [-0.3, -0.25) is 4.90 Å². The highest BCUT2D eigenvalue weighted by atomic mass is 35.5. The summed E-state index contributed by atoms with van der Waals surface area (Å²) in [6.45, 7) is 1.51. The smallest absolute Gasteiger partial charge is 0.406 e. The van der Waals surface area contributed by atoms with Crippen molar-refractivity contribution < 1.29 is 35.5 Å². The van der Waals surface area contributed by atoms with Crippen LogP contribution in [0.25, 0.3) is 0 Å². The highest BCUT2D eigenvalue weighted by Gasteiger charge is 2.40. The van der Waals surface area contributed by atoms with Crippen LogP contribution in [0, 0.1) is 5.82 Å². The monoisotopic (exact) mass is 528 g/mol. The maximum absolute atomic E-state index is 14.9. The fourth-order valence-corrected chi connectivity index (χ4v) is 3.60. The lowest BCUT2D eigenvalue weighted by molar-refractivity contribution is -0.274. The molecule has 2 aromatic carbocycles. The van der Waals surface area contributed by atoms with Crippen LogP contribution in [-0.4, -0.2) is 37.4 Å². The molecule has 2 aromatic rings. The molecule has 1 N–H and O–H groups in total. The summed E-state index contributed by atoms with van der Waals surface area (Å²) in [4.78, 5) is 1.63. The van der Waals surface area contributed by atoms with Crippen molar-refractivity contribution in [1.29, 1.82) is 0 Å². The Morgan fingerprint density at radius 2 is 1.47 bits per heavy atom. The lowest BCUT2D eigenvalue weighted by atomic mass is 9.91. The van der Waals surface area contributed by atoms with E-state index in [-0.39, 0.29) is 30.4 Å². The van der Waals surface area contributed by atoms with Gasteiger partial charge in [0.05, 0.1) is 16.6 Å². The van der Waals surface area contributed by atoms with E-state index in [1.807, 2.05) is 0 Å². The zero-order chi connectivity index (χ0) is 22.1. The maximum Gasteiger partial charge on any atom is 0.573 e. The highest BCUT2D eigenvalue weighted by Crippen LogP contribution is 2.42. The van der Waals surface area contributed by atoms with E-state index in [1.54, 1.807) is 4.90 Å². The number of rotatable bonds is 4. The zero-order valence-corrected chi connectivity index (χ0v) is 18.5. The molecule has 1 aliphatic rings. The van der Waals surface area contributed by atoms with E-state index in [1.165, 1.54) is 12.1 Å². The van der Waals surface area contributed by atoms with Crippen LogP contribution >= 0.6 is 36.4 Å². The van der Waals surface area contributed by atoms with Crippen LogP contribution in [0.15, 0.2) is 36.4 Å². The van der Waals surface area contributed by atoms with Crippen LogP contribution in [0.3, 0.4) is 0 Å². The summed E-state index contributed by atoms with van der Waals surface area (Å²) >= 11 is 5.79. The lowest BCUT2D eigenvalue weighted by Crippen LogP contribution is -2.46. The molecule has 0 saturated carbocycles. The number of nitrogens with zero attached hydrogens (tertiary/aromatic N) is 1. The standard InChI is InChI=1S/C19H16ClF7N2O.2ClH/c20-14-6-5-13(18(22,23)24)15(16(14)21)17(29-9-7-28-8-10-29)11-1-3-12(4-2-11)30-19(25,26)27;;/h1-6,17,28H,7-10H2;2*1H/t17-;;/m1../s1. The number of nitrogens with one attached hydrogen (secondary N) is 1. The second-order valence-corrected chi connectivity index (χ2v) is 7.03. The number of benzene rings is 2. The first-order valence-electron chi connectivity index (χ1n) is 8.83. The van der Waals surface area contributed by atoms with Gasteiger partial charge in [0, 0.05) is 31.7 Å². The quantitative estimate of drug-likeness (QED) is 0.475. The molecule has 3 nitrogen and oxygen atoms in total. The van der Waals surface area contributed by atoms with Crippen LogP contribution < -0.4 is 10.1 Å². The van der Waals surface area contributed by atoms with Gasteiger partial charge in [-0.15, -0.1) is 38.0 Å². The first-order chi connectivity index (χ1) is 14.0. The summed E-state index contributed by atoms with van der Waals surface area (Å²) in [5.74, 6) is -1.75. The molecule has 1 aliphatic heterocycles. The van der Waals surface area contributed by atoms with Gasteiger partial charge in [0.25, 0.3) is 0 Å². The number of halogens is 10. The Bertz CT molecular complexity index is 886. The van der Waals surface area contributed by atoms with Crippen molar-refractivity contribution in [3.63, 3.8) is 0 Å². The van der Waals surface area contributed by atoms with Gasteiger partial charge in [0.2, 0.25) is 0 Å². The summed E-state index contributed by atoms with van der Waals surface area (Å²) < 4.78 is 97.0. The van der Waals surface area contributed by atoms with Crippen molar-refractivity contribution >= 4 is 36.4 Å². The minimum Gasteiger partial charge on any atom is -0.406 e. The predicted octanol–water partition coefficient (Wildman–Crippen LogP) is 6.23. The zero-order valence-electron chi connectivity index (χ0n) is 16.1. The van der Waals surface area contributed by atoms with Crippen LogP contribution in [0.4, 0.5) is 30.7 Å². The topological polar surface area (TPSA) is 24.5 Å². The van der Waals surface area contributed by atoms with Crippen molar-refractivity contribution in [3.8, 4) is 5.75 Å². The van der Waals surface area contributed by atoms with E-state index in [2.05, 4.69) is 10.1 Å². The van der Waals surface area contributed by atoms with Crippen LogP contribution in [0.1, 0.15) is 22.7 Å². The summed E-state index contributed by atoms with van der Waals surface area (Å²) in [6, 6.07) is 4.67. The third-order valence-corrected chi connectivity index (χ3v) is 4.95. The van der Waals surface area contributed by atoms with Gasteiger partial charge in [-0.1, -0.05) is 23.7 Å². The Balaban J connectivity index is 0.00000256. The molecule has 32 heavy (non-hydrogen) atoms. The van der Waals surface area contributed by atoms with E-state index >= 15 is 0 Å². The first-order valence-corrected chi connectivity index (χ1v) is 9.21. The number of piperazine rings is 1. The molecule has 0 spiro atoms. The van der Waals surface area contributed by atoms with E-state index < -0.39 is 46.3 Å². The molecular formula is C19H18Cl3F7N2O. The minimum atomic E-state index is -4.91. The van der Waals surface area contributed by atoms with Gasteiger partial charge in [0.1, 0.15) is 11.6 Å². The Kier molecular flexibility index (Phi) is 9.92. The molecule has 1 saturated heterocycles. The van der Waals surface area contributed by atoms with E-state index in [0.29, 0.717) is 32.2 Å². The highest BCUT2D eigenvalue weighted by molar-refractivity contribution is 6.30. The molecular weight excluding hydrogens is 512 g/mol. The van der Waals surface area contributed by atoms with E-state index in [0.717, 1.165) is 18.2 Å². The summed E-state index contributed by atoms with van der Waals surface area (Å²) in [5, 5.41) is 2.57. The van der Waals surface area contributed by atoms with Gasteiger partial charge >= 0.3 is 12.5 Å². The van der Waals surface area contributed by atoms with Crippen molar-refractivity contribution in [1.82, 2.24) is 10.2 Å². The number of hydrogen-bond acceptors (Lipinski definition) is 3. The Morgan fingerprint density at radius 1 is 0.906 bits per heavy atom. The SMILES string of the molecule is Cl.Cl.Fc1c(Cl)ccc(C(F)(F)F)c1[C@@H](c1ccc(OC(F)(F)F)cc1)N1CCNCC1. The van der Waals surface area contributed by atoms with Gasteiger partial charge in [-0.2, -0.15) is 13.2 Å². The Labute approximate surface area is 196 Å². The molecule has 1 heterocycles. The first kappa shape index (κ1) is 28.6. The number of hydrogen-bond donors (Lipinski definition) is 1. The number of alkyl halides is 6. The van der Waals surface area contributed by atoms with Crippen molar-refractivity contribution in [2.24, 2.45) is 0 Å². The van der Waals surface area contributed by atoms with Crippen molar-refractivity contribution in [2.45, 2.75) is 18.6 Å². The molecule has 0 aliphatic carbocycles. The van der Waals surface area contributed by atoms with E-state index in [9.17, 15) is 30.7 Å². The molecule has 0 radical (unpaired) electrons. The van der Waals surface area contributed by atoms with Crippen LogP contribution in [-0.2, 0) is 6.18 Å². The normalized spacial score (nSPS) is 16.0. The second kappa shape index (κ2) is 11.1. The molecule has 180 valence electrons. The average molecular weight is 530 g/mol. The minimum absolute atomic E-state index is 0. The third kappa shape index (κ3) is 6.77. The van der Waals surface area contributed by atoms with Gasteiger partial charge in [0.15, 0.2) is 0 Å². The third-order valence-electron chi connectivity index (χ3n) is 4.66. The number of ether oxygens (including phenoxy) is 1. The van der Waals surface area contributed by atoms with Gasteiger partial charge in [-0.05, 0) is 29.8 Å². The fraction of sp³-hybridized carbons (Fsp3) is 0.368. The summed E-state index contributed by atoms with van der Waals surface area (Å²) in [6.07, 6.45) is -9.77. The summed E-state index contributed by atoms with van der Waals surface area (Å²) in [5.41, 5.74) is -1.68. The fourth-order valence-electron chi connectivity index (χ4n) is 3.43. The van der Waals surface area contributed by atoms with Crippen LogP contribution in [0.5, 0.6) is 5.75 Å². The second-order valence-electron chi connectivity index (χ2n) is 6.63.